The summed E-state index contributed by atoms with van der Waals surface area (Å²) in [6.45, 7) is 2.44. The van der Waals surface area contributed by atoms with E-state index < -0.39 is 16.1 Å². The number of benzene rings is 3. The lowest BCUT2D eigenvalue weighted by Crippen LogP contribution is -2.27. The van der Waals surface area contributed by atoms with Crippen LogP contribution in [0.2, 0.25) is 10.0 Å². The zero-order valence-electron chi connectivity index (χ0n) is 19.5. The van der Waals surface area contributed by atoms with Gasteiger partial charge in [-0.2, -0.15) is 0 Å². The molecule has 0 spiro atoms. The lowest BCUT2D eigenvalue weighted by Gasteiger charge is -2.14. The Morgan fingerprint density at radius 1 is 1.00 bits per heavy atom. The minimum absolute atomic E-state index is 0.00351. The highest BCUT2D eigenvalue weighted by molar-refractivity contribution is 8.18. The largest absolute Gasteiger partial charge is 0.490 e. The molecule has 3 aromatic rings. The summed E-state index contributed by atoms with van der Waals surface area (Å²) >= 11 is 13.0. The highest BCUT2D eigenvalue weighted by atomic mass is 35.5. The van der Waals surface area contributed by atoms with E-state index in [-0.39, 0.29) is 23.7 Å². The lowest BCUT2D eigenvalue weighted by molar-refractivity contribution is -0.384. The zero-order valence-corrected chi connectivity index (χ0v) is 21.8. The minimum Gasteiger partial charge on any atom is -0.490 e. The number of rotatable bonds is 9. The number of thioether (sulfide) groups is 1. The van der Waals surface area contributed by atoms with Crippen LogP contribution in [0, 0.1) is 10.1 Å². The molecule has 0 aliphatic carbocycles. The lowest BCUT2D eigenvalue weighted by atomic mass is 10.1. The van der Waals surface area contributed by atoms with Gasteiger partial charge in [0.05, 0.1) is 23.0 Å². The Hall–Kier alpha value is -3.53. The van der Waals surface area contributed by atoms with E-state index in [1.54, 1.807) is 54.6 Å². The van der Waals surface area contributed by atoms with E-state index in [4.69, 9.17) is 32.7 Å². The first-order chi connectivity index (χ1) is 17.7. The van der Waals surface area contributed by atoms with Gasteiger partial charge < -0.3 is 9.47 Å². The van der Waals surface area contributed by atoms with Gasteiger partial charge in [0.1, 0.15) is 6.61 Å². The number of non-ortho nitro benzene ring substituents is 1. The molecule has 1 aliphatic rings. The number of hydrogen-bond acceptors (Lipinski definition) is 7. The standard InChI is InChI=1S/C26H20Cl2N2O6S/c1-2-35-23-11-17(5-10-22(23)36-15-16-3-8-20(9-4-16)30(33)34)12-24-25(31)29(26(32)37-24)14-18-6-7-19(27)13-21(18)28/h3-13H,2,14-15H2,1H3/b24-12+. The van der Waals surface area contributed by atoms with Gasteiger partial charge in [-0.3, -0.25) is 24.6 Å². The second-order valence-electron chi connectivity index (χ2n) is 7.86. The van der Waals surface area contributed by atoms with Crippen molar-refractivity contribution in [3.05, 3.63) is 102 Å². The Morgan fingerprint density at radius 2 is 1.76 bits per heavy atom. The van der Waals surface area contributed by atoms with Crippen LogP contribution in [-0.2, 0) is 17.9 Å². The summed E-state index contributed by atoms with van der Waals surface area (Å²) in [7, 11) is 0. The molecule has 0 bridgehead atoms. The monoisotopic (exact) mass is 558 g/mol. The first-order valence-corrected chi connectivity index (χ1v) is 12.6. The Morgan fingerprint density at radius 3 is 2.43 bits per heavy atom. The average molecular weight is 559 g/mol. The molecule has 1 heterocycles. The first kappa shape index (κ1) is 26.5. The van der Waals surface area contributed by atoms with Gasteiger partial charge in [-0.1, -0.05) is 35.3 Å². The number of ether oxygens (including phenoxy) is 2. The van der Waals surface area contributed by atoms with Gasteiger partial charge in [-0.05, 0) is 77.9 Å². The predicted octanol–water partition coefficient (Wildman–Crippen LogP) is 7.12. The molecule has 3 aromatic carbocycles. The third-order valence-electron chi connectivity index (χ3n) is 5.32. The zero-order chi connectivity index (χ0) is 26.5. The minimum atomic E-state index is -0.460. The van der Waals surface area contributed by atoms with E-state index >= 15 is 0 Å². The van der Waals surface area contributed by atoms with Crippen LogP contribution in [0.15, 0.2) is 65.6 Å². The van der Waals surface area contributed by atoms with Crippen LogP contribution >= 0.6 is 35.0 Å². The SMILES string of the molecule is CCOc1cc(/C=C2/SC(=O)N(Cc3ccc(Cl)cc3Cl)C2=O)ccc1OCc1ccc([N+](=O)[O-])cc1. The molecule has 1 fully saturated rings. The number of amides is 2. The third-order valence-corrected chi connectivity index (χ3v) is 6.82. The van der Waals surface area contributed by atoms with Crippen molar-refractivity contribution in [3.63, 3.8) is 0 Å². The number of halogens is 2. The normalized spacial score (nSPS) is 14.4. The molecule has 1 aliphatic heterocycles. The number of imide groups is 1. The summed E-state index contributed by atoms with van der Waals surface area (Å²) in [5.74, 6) is 0.519. The summed E-state index contributed by atoms with van der Waals surface area (Å²) in [6.07, 6.45) is 1.62. The van der Waals surface area contributed by atoms with E-state index in [0.29, 0.717) is 39.3 Å². The van der Waals surface area contributed by atoms with Crippen molar-refractivity contribution in [2.75, 3.05) is 6.61 Å². The highest BCUT2D eigenvalue weighted by Gasteiger charge is 2.35. The van der Waals surface area contributed by atoms with Crippen LogP contribution in [0.4, 0.5) is 10.5 Å². The van der Waals surface area contributed by atoms with E-state index in [1.807, 2.05) is 6.92 Å². The Bertz CT molecular complexity index is 1390. The van der Waals surface area contributed by atoms with E-state index in [0.717, 1.165) is 22.2 Å². The Balaban J connectivity index is 1.49. The van der Waals surface area contributed by atoms with Crippen LogP contribution in [0.5, 0.6) is 11.5 Å². The van der Waals surface area contributed by atoms with Gasteiger partial charge in [0.2, 0.25) is 0 Å². The smallest absolute Gasteiger partial charge is 0.293 e. The van der Waals surface area contributed by atoms with Crippen molar-refractivity contribution in [2.45, 2.75) is 20.1 Å². The number of nitro benzene ring substituents is 1. The third kappa shape index (κ3) is 6.43. The molecule has 0 N–H and O–H groups in total. The summed E-state index contributed by atoms with van der Waals surface area (Å²) in [5, 5.41) is 11.3. The summed E-state index contributed by atoms with van der Waals surface area (Å²) in [5.41, 5.74) is 2.03. The summed E-state index contributed by atoms with van der Waals surface area (Å²) in [4.78, 5) is 37.3. The van der Waals surface area contributed by atoms with Crippen molar-refractivity contribution in [1.29, 1.82) is 0 Å². The predicted molar refractivity (Wildman–Crippen MR) is 143 cm³/mol. The van der Waals surface area contributed by atoms with E-state index in [9.17, 15) is 19.7 Å². The van der Waals surface area contributed by atoms with Gasteiger partial charge in [0, 0.05) is 22.2 Å². The number of nitro groups is 1. The maximum Gasteiger partial charge on any atom is 0.293 e. The maximum absolute atomic E-state index is 13.0. The Labute approximate surface area is 226 Å². The van der Waals surface area contributed by atoms with E-state index in [2.05, 4.69) is 0 Å². The van der Waals surface area contributed by atoms with Crippen molar-refractivity contribution >= 4 is 57.9 Å². The summed E-state index contributed by atoms with van der Waals surface area (Å²) in [6, 6.07) is 16.2. The molecule has 37 heavy (non-hydrogen) atoms. The molecule has 11 heteroatoms. The molecule has 8 nitrogen and oxygen atoms in total. The molecular weight excluding hydrogens is 539 g/mol. The molecule has 0 atom stereocenters. The molecule has 4 rings (SSSR count). The van der Waals surface area contributed by atoms with Crippen molar-refractivity contribution in [3.8, 4) is 11.5 Å². The topological polar surface area (TPSA) is 99.0 Å². The fourth-order valence-electron chi connectivity index (χ4n) is 3.48. The molecule has 2 amide bonds. The van der Waals surface area contributed by atoms with Crippen molar-refractivity contribution in [2.24, 2.45) is 0 Å². The fraction of sp³-hybridized carbons (Fsp3) is 0.154. The van der Waals surface area contributed by atoms with Crippen LogP contribution in [0.1, 0.15) is 23.6 Å². The van der Waals surface area contributed by atoms with Gasteiger partial charge in [-0.15, -0.1) is 0 Å². The van der Waals surface area contributed by atoms with Gasteiger partial charge in [0.25, 0.3) is 16.8 Å². The molecule has 0 saturated carbocycles. The number of nitrogens with zero attached hydrogens (tertiary/aromatic N) is 2. The number of carbonyl (C=O) groups is 2. The van der Waals surface area contributed by atoms with Crippen LogP contribution in [0.25, 0.3) is 6.08 Å². The average Bonchev–Trinajstić information content (AvgIpc) is 3.12. The summed E-state index contributed by atoms with van der Waals surface area (Å²) < 4.78 is 11.6. The van der Waals surface area contributed by atoms with Crippen molar-refractivity contribution in [1.82, 2.24) is 4.90 Å². The Kier molecular flexibility index (Phi) is 8.38. The molecule has 0 radical (unpaired) electrons. The number of hydrogen-bond donors (Lipinski definition) is 0. The molecular formula is C26H20Cl2N2O6S. The van der Waals surface area contributed by atoms with Crippen molar-refractivity contribution < 1.29 is 24.0 Å². The first-order valence-electron chi connectivity index (χ1n) is 11.1. The van der Waals surface area contributed by atoms with E-state index in [1.165, 1.54) is 12.1 Å². The molecule has 1 saturated heterocycles. The van der Waals surface area contributed by atoms with Gasteiger partial charge in [0.15, 0.2) is 11.5 Å². The fourth-order valence-corrected chi connectivity index (χ4v) is 4.79. The van der Waals surface area contributed by atoms with Gasteiger partial charge >= 0.3 is 0 Å². The molecule has 0 unspecified atom stereocenters. The van der Waals surface area contributed by atoms with Crippen LogP contribution in [-0.4, -0.2) is 27.6 Å². The highest BCUT2D eigenvalue weighted by Crippen LogP contribution is 2.36. The molecule has 0 aromatic heterocycles. The molecule has 190 valence electrons. The quantitative estimate of drug-likeness (QED) is 0.156. The van der Waals surface area contributed by atoms with Crippen LogP contribution in [0.3, 0.4) is 0 Å². The van der Waals surface area contributed by atoms with Gasteiger partial charge in [-0.25, -0.2) is 0 Å². The number of carbonyl (C=O) groups excluding carboxylic acids is 2. The second-order valence-corrected chi connectivity index (χ2v) is 9.69. The van der Waals surface area contributed by atoms with Crippen LogP contribution < -0.4 is 9.47 Å². The maximum atomic E-state index is 13.0. The second kappa shape index (κ2) is 11.7.